The van der Waals surface area contributed by atoms with Gasteiger partial charge in [0.2, 0.25) is 5.95 Å². The van der Waals surface area contributed by atoms with Crippen LogP contribution in [-0.2, 0) is 0 Å². The molecule has 1 aliphatic heterocycles. The lowest BCUT2D eigenvalue weighted by molar-refractivity contribution is 0.102. The van der Waals surface area contributed by atoms with Crippen LogP contribution in [0.4, 0.5) is 23.1 Å². The summed E-state index contributed by atoms with van der Waals surface area (Å²) in [4.78, 5) is 28.7. The number of benzene rings is 2. The van der Waals surface area contributed by atoms with E-state index in [0.717, 1.165) is 41.2 Å². The van der Waals surface area contributed by atoms with Crippen LogP contribution >= 0.6 is 0 Å². The van der Waals surface area contributed by atoms with Crippen molar-refractivity contribution in [3.05, 3.63) is 78.1 Å². The average molecular weight is 439 g/mol. The summed E-state index contributed by atoms with van der Waals surface area (Å²) in [6.07, 6.45) is 3.69. The Morgan fingerprint density at radius 1 is 0.848 bits per heavy atom. The van der Waals surface area contributed by atoms with E-state index in [1.165, 1.54) is 19.3 Å². The Morgan fingerprint density at radius 3 is 2.42 bits per heavy atom. The molecule has 1 amide bonds. The quantitative estimate of drug-likeness (QED) is 0.439. The second-order valence-corrected chi connectivity index (χ2v) is 8.28. The maximum absolute atomic E-state index is 12.6. The van der Waals surface area contributed by atoms with Crippen LogP contribution in [0.2, 0.25) is 0 Å². The van der Waals surface area contributed by atoms with E-state index >= 15 is 0 Å². The predicted octanol–water partition coefficient (Wildman–Crippen LogP) is 5.32. The number of para-hydroxylation sites is 1. The number of nitrogens with one attached hydrogen (secondary N) is 2. The lowest BCUT2D eigenvalue weighted by Gasteiger charge is -2.28. The molecule has 2 N–H and O–H groups in total. The van der Waals surface area contributed by atoms with E-state index in [0.29, 0.717) is 17.3 Å². The highest BCUT2D eigenvalue weighted by atomic mass is 16.1. The van der Waals surface area contributed by atoms with E-state index in [1.807, 2.05) is 67.6 Å². The molecule has 33 heavy (non-hydrogen) atoms. The molecule has 5 rings (SSSR count). The third-order valence-electron chi connectivity index (χ3n) is 5.75. The van der Waals surface area contributed by atoms with Gasteiger partial charge in [0.1, 0.15) is 11.5 Å². The van der Waals surface area contributed by atoms with Gasteiger partial charge in [0, 0.05) is 41.6 Å². The topological polar surface area (TPSA) is 83.0 Å². The van der Waals surface area contributed by atoms with Crippen LogP contribution in [0.25, 0.3) is 10.9 Å². The van der Waals surface area contributed by atoms with Crippen molar-refractivity contribution >= 4 is 40.0 Å². The molecule has 0 radical (unpaired) electrons. The van der Waals surface area contributed by atoms with Crippen LogP contribution in [0.3, 0.4) is 0 Å². The molecule has 7 nitrogen and oxygen atoms in total. The van der Waals surface area contributed by atoms with Crippen molar-refractivity contribution in [3.8, 4) is 0 Å². The van der Waals surface area contributed by atoms with Gasteiger partial charge in [-0.3, -0.25) is 4.79 Å². The normalized spacial score (nSPS) is 13.7. The number of hydrogen-bond donors (Lipinski definition) is 2. The van der Waals surface area contributed by atoms with Crippen LogP contribution in [0, 0.1) is 6.92 Å². The van der Waals surface area contributed by atoms with E-state index in [-0.39, 0.29) is 5.91 Å². The number of carbonyl (C=O) groups is 1. The highest BCUT2D eigenvalue weighted by molar-refractivity contribution is 6.04. The van der Waals surface area contributed by atoms with Crippen LogP contribution in [-0.4, -0.2) is 33.9 Å². The van der Waals surface area contributed by atoms with Crippen molar-refractivity contribution in [1.82, 2.24) is 15.0 Å². The summed E-state index contributed by atoms with van der Waals surface area (Å²) in [6.45, 7) is 4.06. The van der Waals surface area contributed by atoms with Crippen molar-refractivity contribution in [2.45, 2.75) is 26.2 Å². The summed E-state index contributed by atoms with van der Waals surface area (Å²) < 4.78 is 0. The molecule has 4 aromatic rings. The monoisotopic (exact) mass is 438 g/mol. The van der Waals surface area contributed by atoms with Gasteiger partial charge in [-0.2, -0.15) is 4.98 Å². The number of rotatable bonds is 5. The first-order valence-electron chi connectivity index (χ1n) is 11.3. The number of pyridine rings is 1. The lowest BCUT2D eigenvalue weighted by atomic mass is 10.1. The fraction of sp³-hybridized carbons (Fsp3) is 0.231. The zero-order valence-electron chi connectivity index (χ0n) is 18.6. The molecule has 0 unspecified atom stereocenters. The first kappa shape index (κ1) is 20.9. The summed E-state index contributed by atoms with van der Waals surface area (Å²) in [5.74, 6) is 1.30. The van der Waals surface area contributed by atoms with Gasteiger partial charge in [-0.15, -0.1) is 0 Å². The minimum absolute atomic E-state index is 0.241. The Morgan fingerprint density at radius 2 is 1.61 bits per heavy atom. The molecule has 7 heteroatoms. The second kappa shape index (κ2) is 9.24. The summed E-state index contributed by atoms with van der Waals surface area (Å²) in [5, 5.41) is 7.20. The standard InChI is InChI=1S/C26H26N6O/c1-18-17-24(32-15-5-2-6-16-32)31-26(27-18)29-21-12-10-20(11-13-21)28-25(33)23-14-9-19-7-3-4-8-22(19)30-23/h3-4,7-14,17H,2,5-6,15-16H2,1H3,(H,28,33)(H,27,29,31). The zero-order valence-corrected chi connectivity index (χ0v) is 18.6. The average Bonchev–Trinajstić information content (AvgIpc) is 2.85. The molecule has 1 saturated heterocycles. The number of aromatic nitrogens is 3. The molecule has 0 bridgehead atoms. The van der Waals surface area contributed by atoms with Crippen molar-refractivity contribution in [3.63, 3.8) is 0 Å². The third-order valence-corrected chi connectivity index (χ3v) is 5.75. The van der Waals surface area contributed by atoms with Gasteiger partial charge < -0.3 is 15.5 Å². The molecule has 1 fully saturated rings. The summed E-state index contributed by atoms with van der Waals surface area (Å²) in [7, 11) is 0. The Labute approximate surface area is 192 Å². The Kier molecular flexibility index (Phi) is 5.85. The number of carbonyl (C=O) groups excluding carboxylic acids is 1. The SMILES string of the molecule is Cc1cc(N2CCCCC2)nc(Nc2ccc(NC(=O)c3ccc4ccccc4n3)cc2)n1. The van der Waals surface area contributed by atoms with E-state index in [4.69, 9.17) is 4.98 Å². The molecule has 2 aromatic carbocycles. The van der Waals surface area contributed by atoms with E-state index in [9.17, 15) is 4.79 Å². The number of nitrogens with zero attached hydrogens (tertiary/aromatic N) is 4. The first-order valence-corrected chi connectivity index (χ1v) is 11.3. The van der Waals surface area contributed by atoms with Crippen molar-refractivity contribution in [2.75, 3.05) is 28.6 Å². The third kappa shape index (κ3) is 4.92. The number of hydrogen-bond acceptors (Lipinski definition) is 6. The van der Waals surface area contributed by atoms with Crippen LogP contribution < -0.4 is 15.5 Å². The van der Waals surface area contributed by atoms with Crippen LogP contribution in [0.1, 0.15) is 35.4 Å². The summed E-state index contributed by atoms with van der Waals surface area (Å²) in [5.41, 5.74) is 3.66. The summed E-state index contributed by atoms with van der Waals surface area (Å²) >= 11 is 0. The molecule has 0 aliphatic carbocycles. The predicted molar refractivity (Wildman–Crippen MR) is 132 cm³/mol. The number of anilines is 4. The maximum Gasteiger partial charge on any atom is 0.274 e. The molecule has 166 valence electrons. The van der Waals surface area contributed by atoms with E-state index in [2.05, 4.69) is 25.5 Å². The highest BCUT2D eigenvalue weighted by Crippen LogP contribution is 2.22. The smallest absolute Gasteiger partial charge is 0.274 e. The molecular formula is C26H26N6O. The van der Waals surface area contributed by atoms with Gasteiger partial charge in [-0.25, -0.2) is 9.97 Å². The minimum atomic E-state index is -0.241. The second-order valence-electron chi connectivity index (χ2n) is 8.28. The van der Waals surface area contributed by atoms with Gasteiger partial charge in [0.25, 0.3) is 5.91 Å². The van der Waals surface area contributed by atoms with Gasteiger partial charge in [-0.05, 0) is 62.6 Å². The fourth-order valence-electron chi connectivity index (χ4n) is 4.05. The molecule has 0 atom stereocenters. The molecule has 3 heterocycles. The van der Waals surface area contributed by atoms with Crippen molar-refractivity contribution in [2.24, 2.45) is 0 Å². The van der Waals surface area contributed by atoms with Crippen LogP contribution in [0.5, 0.6) is 0 Å². The van der Waals surface area contributed by atoms with Crippen molar-refractivity contribution in [1.29, 1.82) is 0 Å². The van der Waals surface area contributed by atoms with Gasteiger partial charge in [-0.1, -0.05) is 24.3 Å². The molecule has 2 aromatic heterocycles. The maximum atomic E-state index is 12.6. The largest absolute Gasteiger partial charge is 0.356 e. The molecule has 1 aliphatic rings. The Bertz CT molecular complexity index is 1280. The summed E-state index contributed by atoms with van der Waals surface area (Å²) in [6, 6.07) is 20.9. The minimum Gasteiger partial charge on any atom is -0.356 e. The number of piperidine rings is 1. The molecular weight excluding hydrogens is 412 g/mol. The van der Waals surface area contributed by atoms with Crippen molar-refractivity contribution < 1.29 is 4.79 Å². The molecule has 0 saturated carbocycles. The first-order chi connectivity index (χ1) is 16.1. The van der Waals surface area contributed by atoms with E-state index in [1.54, 1.807) is 6.07 Å². The number of aryl methyl sites for hydroxylation is 1. The van der Waals surface area contributed by atoms with E-state index < -0.39 is 0 Å². The van der Waals surface area contributed by atoms with Crippen LogP contribution in [0.15, 0.2) is 66.7 Å². The number of amides is 1. The molecule has 0 spiro atoms. The van der Waals surface area contributed by atoms with Gasteiger partial charge >= 0.3 is 0 Å². The Balaban J connectivity index is 1.26. The number of fused-ring (bicyclic) bond motifs is 1. The lowest BCUT2D eigenvalue weighted by Crippen LogP contribution is -2.30. The fourth-order valence-corrected chi connectivity index (χ4v) is 4.05. The van der Waals surface area contributed by atoms with Gasteiger partial charge in [0.15, 0.2) is 0 Å². The Hall–Kier alpha value is -4.00. The zero-order chi connectivity index (χ0) is 22.6. The highest BCUT2D eigenvalue weighted by Gasteiger charge is 2.14. The van der Waals surface area contributed by atoms with Gasteiger partial charge in [0.05, 0.1) is 5.52 Å².